The molecule has 0 aliphatic carbocycles. The number of halogens is 3. The van der Waals surface area contributed by atoms with Crippen LogP contribution in [0.25, 0.3) is 11.1 Å². The number of carbonyl (C=O) groups excluding carboxylic acids is 2. The van der Waals surface area contributed by atoms with Crippen LogP contribution in [-0.2, 0) is 19.2 Å². The van der Waals surface area contributed by atoms with Crippen LogP contribution in [-0.4, -0.2) is 65.6 Å². The summed E-state index contributed by atoms with van der Waals surface area (Å²) in [7, 11) is 0. The van der Waals surface area contributed by atoms with E-state index < -0.39 is 47.9 Å². The second-order valence-electron chi connectivity index (χ2n) is 9.92. The van der Waals surface area contributed by atoms with Gasteiger partial charge >= 0.3 is 17.9 Å². The molecule has 1 aliphatic rings. The van der Waals surface area contributed by atoms with Gasteiger partial charge in [-0.2, -0.15) is 0 Å². The maximum absolute atomic E-state index is 14.5. The summed E-state index contributed by atoms with van der Waals surface area (Å²) in [5.41, 5.74) is 0.506. The zero-order valence-electron chi connectivity index (χ0n) is 24.0. The maximum atomic E-state index is 14.5. The number of nitrogens with zero attached hydrogens (tertiary/aromatic N) is 1. The van der Waals surface area contributed by atoms with E-state index >= 15 is 0 Å². The summed E-state index contributed by atoms with van der Waals surface area (Å²) >= 11 is 12.7. The van der Waals surface area contributed by atoms with E-state index in [-0.39, 0.29) is 56.9 Å². The molecule has 4 aromatic rings. The van der Waals surface area contributed by atoms with Crippen LogP contribution >= 0.6 is 23.2 Å². The van der Waals surface area contributed by atoms with Gasteiger partial charge in [0.1, 0.15) is 12.4 Å². The molecule has 0 radical (unpaired) electrons. The van der Waals surface area contributed by atoms with Gasteiger partial charge in [0, 0.05) is 17.2 Å². The average Bonchev–Trinajstić information content (AvgIpc) is 3.07. The molecule has 0 spiro atoms. The van der Waals surface area contributed by atoms with Gasteiger partial charge in [-0.25, -0.2) is 29.0 Å². The standard InChI is InChI=1S/C33H24Cl2FNO10/c34-23-12-7-13-24(35)26(23)22-14-20(36)15-25-27(22)44-21(17-43-25)16-37-30(47-42)28(45-32(40)18-8-3-1-4-9-18)29(31(38)39)46-33(41)19-10-5-2-6-11-19/h1-15,21,28-29,42H,16-17H2,(H,38,39)/b37-30-/t21-,28-,29-/m0/s1. The highest BCUT2D eigenvalue weighted by atomic mass is 35.5. The number of aliphatic carboxylic acids is 1. The molecule has 0 saturated heterocycles. The Labute approximate surface area is 276 Å². The fourth-order valence-electron chi connectivity index (χ4n) is 4.57. The smallest absolute Gasteiger partial charge is 0.349 e. The fourth-order valence-corrected chi connectivity index (χ4v) is 5.17. The van der Waals surface area contributed by atoms with E-state index in [1.165, 1.54) is 42.5 Å². The molecule has 2 N–H and O–H groups in total. The first-order valence-electron chi connectivity index (χ1n) is 13.8. The van der Waals surface area contributed by atoms with Crippen molar-refractivity contribution in [2.24, 2.45) is 4.99 Å². The van der Waals surface area contributed by atoms with Crippen molar-refractivity contribution >= 4 is 47.0 Å². The zero-order valence-corrected chi connectivity index (χ0v) is 25.6. The Morgan fingerprint density at radius 1 is 0.872 bits per heavy atom. The molecule has 242 valence electrons. The summed E-state index contributed by atoms with van der Waals surface area (Å²) in [6, 6.07) is 22.0. The summed E-state index contributed by atoms with van der Waals surface area (Å²) in [6.45, 7) is -0.547. The van der Waals surface area contributed by atoms with E-state index in [9.17, 15) is 29.1 Å². The number of aliphatic imine (C=N–C) groups is 1. The number of esters is 2. The van der Waals surface area contributed by atoms with E-state index in [0.717, 1.165) is 6.07 Å². The first kappa shape index (κ1) is 33.2. The van der Waals surface area contributed by atoms with Crippen molar-refractivity contribution in [1.29, 1.82) is 0 Å². The summed E-state index contributed by atoms with van der Waals surface area (Å²) < 4.78 is 37.0. The highest BCUT2D eigenvalue weighted by molar-refractivity contribution is 6.39. The minimum atomic E-state index is -2.22. The lowest BCUT2D eigenvalue weighted by Crippen LogP contribution is -2.47. The first-order chi connectivity index (χ1) is 22.7. The van der Waals surface area contributed by atoms with Crippen LogP contribution in [0.5, 0.6) is 11.5 Å². The van der Waals surface area contributed by atoms with Crippen LogP contribution in [0, 0.1) is 5.82 Å². The van der Waals surface area contributed by atoms with Crippen LogP contribution in [0.2, 0.25) is 10.0 Å². The number of ether oxygens (including phenoxy) is 4. The first-order valence-corrected chi connectivity index (χ1v) is 14.6. The van der Waals surface area contributed by atoms with Crippen LogP contribution in [0.4, 0.5) is 4.39 Å². The largest absolute Gasteiger partial charge is 0.486 e. The Morgan fingerprint density at radius 2 is 1.45 bits per heavy atom. The quantitative estimate of drug-likeness (QED) is 0.0635. The summed E-state index contributed by atoms with van der Waals surface area (Å²) in [5.74, 6) is -5.15. The topological polar surface area (TPSA) is 150 Å². The Bertz CT molecular complexity index is 1790. The highest BCUT2D eigenvalue weighted by Crippen LogP contribution is 2.46. The van der Waals surface area contributed by atoms with Crippen molar-refractivity contribution in [3.63, 3.8) is 0 Å². The van der Waals surface area contributed by atoms with Gasteiger partial charge in [0.2, 0.25) is 12.2 Å². The molecule has 4 aromatic carbocycles. The third-order valence-electron chi connectivity index (χ3n) is 6.75. The van der Waals surface area contributed by atoms with Crippen molar-refractivity contribution in [3.8, 4) is 22.6 Å². The van der Waals surface area contributed by atoms with Gasteiger partial charge in [-0.15, -0.1) is 0 Å². The lowest BCUT2D eigenvalue weighted by molar-refractivity contribution is -0.172. The molecule has 0 aromatic heterocycles. The van der Waals surface area contributed by atoms with E-state index in [1.807, 2.05) is 0 Å². The molecular formula is C33H24Cl2FNO10. The Balaban J connectivity index is 1.45. The van der Waals surface area contributed by atoms with Gasteiger partial charge in [-0.1, -0.05) is 65.7 Å². The third kappa shape index (κ3) is 7.80. The number of carboxylic acids is 1. The number of hydrogen-bond donors (Lipinski definition) is 2. The minimum Gasteiger partial charge on any atom is -0.486 e. The number of fused-ring (bicyclic) bond motifs is 1. The van der Waals surface area contributed by atoms with Gasteiger partial charge in [0.25, 0.3) is 5.90 Å². The number of hydrogen-bond acceptors (Lipinski definition) is 10. The summed E-state index contributed by atoms with van der Waals surface area (Å²) in [6.07, 6.45) is -5.22. The van der Waals surface area contributed by atoms with Crippen molar-refractivity contribution in [2.75, 3.05) is 13.2 Å². The second kappa shape index (κ2) is 14.9. The predicted octanol–water partition coefficient (Wildman–Crippen LogP) is 6.36. The highest BCUT2D eigenvalue weighted by Gasteiger charge is 2.41. The third-order valence-corrected chi connectivity index (χ3v) is 7.38. The Morgan fingerprint density at radius 3 is 2.00 bits per heavy atom. The van der Waals surface area contributed by atoms with Gasteiger partial charge < -0.3 is 28.9 Å². The van der Waals surface area contributed by atoms with Gasteiger partial charge in [-0.3, -0.25) is 0 Å². The van der Waals surface area contributed by atoms with Crippen LogP contribution in [0.1, 0.15) is 20.7 Å². The van der Waals surface area contributed by atoms with Crippen molar-refractivity contribution in [3.05, 3.63) is 118 Å². The molecule has 1 heterocycles. The zero-order chi connectivity index (χ0) is 33.5. The van der Waals surface area contributed by atoms with Crippen molar-refractivity contribution < 1.29 is 53.0 Å². The van der Waals surface area contributed by atoms with Crippen LogP contribution in [0.3, 0.4) is 0 Å². The average molecular weight is 684 g/mol. The van der Waals surface area contributed by atoms with E-state index in [4.69, 9.17) is 42.1 Å². The monoisotopic (exact) mass is 683 g/mol. The normalized spacial score (nSPS) is 15.2. The number of carbonyl (C=O) groups is 3. The Hall–Kier alpha value is -5.17. The number of rotatable bonds is 10. The molecular weight excluding hydrogens is 660 g/mol. The molecule has 0 saturated carbocycles. The molecule has 5 rings (SSSR count). The van der Waals surface area contributed by atoms with E-state index in [1.54, 1.807) is 42.5 Å². The molecule has 0 unspecified atom stereocenters. The molecule has 0 bridgehead atoms. The maximum Gasteiger partial charge on any atom is 0.349 e. The fraction of sp³-hybridized carbons (Fsp3) is 0.152. The lowest BCUT2D eigenvalue weighted by Gasteiger charge is -2.28. The van der Waals surface area contributed by atoms with Crippen LogP contribution < -0.4 is 9.47 Å². The second-order valence-corrected chi connectivity index (χ2v) is 10.7. The molecule has 14 heteroatoms. The SMILES string of the molecule is O=C(O[C@H](C(=O)O)[C@H](OC(=O)c1ccccc1)/C(=N/C[C@H]1COc2cc(F)cc(-c3c(Cl)cccc3Cl)c2O1)OO)c1ccccc1. The van der Waals surface area contributed by atoms with Gasteiger partial charge in [0.05, 0.1) is 27.7 Å². The van der Waals surface area contributed by atoms with Crippen LogP contribution in [0.15, 0.2) is 96.0 Å². The lowest BCUT2D eigenvalue weighted by atomic mass is 10.0. The molecule has 0 fully saturated rings. The summed E-state index contributed by atoms with van der Waals surface area (Å²) in [5, 5.41) is 20.3. The minimum absolute atomic E-state index is 0.00701. The van der Waals surface area contributed by atoms with Crippen molar-refractivity contribution in [1.82, 2.24) is 0 Å². The van der Waals surface area contributed by atoms with E-state index in [2.05, 4.69) is 9.88 Å². The molecule has 11 nitrogen and oxygen atoms in total. The van der Waals surface area contributed by atoms with Crippen molar-refractivity contribution in [2.45, 2.75) is 18.3 Å². The molecule has 47 heavy (non-hydrogen) atoms. The molecule has 3 atom stereocenters. The number of carboxylic acid groups (broad SMARTS) is 1. The van der Waals surface area contributed by atoms with E-state index in [0.29, 0.717) is 0 Å². The van der Waals surface area contributed by atoms with Gasteiger partial charge in [0.15, 0.2) is 17.6 Å². The molecule has 1 aliphatic heterocycles. The van der Waals surface area contributed by atoms with Gasteiger partial charge in [-0.05, 0) is 42.5 Å². The molecule has 0 amide bonds. The predicted molar refractivity (Wildman–Crippen MR) is 167 cm³/mol. The Kier molecular flexibility index (Phi) is 10.6. The number of benzene rings is 4. The summed E-state index contributed by atoms with van der Waals surface area (Å²) in [4.78, 5) is 46.7.